The first-order valence-corrected chi connectivity index (χ1v) is 9.99. The normalized spacial score (nSPS) is 14.4. The van der Waals surface area contributed by atoms with Crippen molar-refractivity contribution in [2.45, 2.75) is 18.9 Å². The van der Waals surface area contributed by atoms with Gasteiger partial charge in [-0.3, -0.25) is 9.78 Å². The van der Waals surface area contributed by atoms with E-state index in [2.05, 4.69) is 4.98 Å². The molecule has 158 valence electrons. The van der Waals surface area contributed by atoms with E-state index in [0.29, 0.717) is 30.0 Å². The molecule has 3 aromatic rings. The molecular formula is C24H21FN2O4. The van der Waals surface area contributed by atoms with Crippen LogP contribution in [-0.2, 0) is 14.3 Å². The van der Waals surface area contributed by atoms with Crippen LogP contribution in [0.2, 0.25) is 0 Å². The number of hydrogen-bond acceptors (Lipinski definition) is 5. The van der Waals surface area contributed by atoms with Crippen molar-refractivity contribution in [3.05, 3.63) is 90.0 Å². The Morgan fingerprint density at radius 2 is 1.94 bits per heavy atom. The predicted molar refractivity (Wildman–Crippen MR) is 112 cm³/mol. The standard InChI is InChI=1S/C24H21FN2O4/c25-18-6-3-5-17(15-18)24(21-7-1-2-13-26-21)31-23(29)16-30-20-11-9-19(10-12-20)27-14-4-8-22(27)28/h1-3,5-7,9-13,15,24H,4,8,14,16H2. The largest absolute Gasteiger partial charge is 0.482 e. The number of carbonyl (C=O) groups is 2. The average molecular weight is 420 g/mol. The van der Waals surface area contributed by atoms with E-state index in [9.17, 15) is 14.0 Å². The minimum Gasteiger partial charge on any atom is -0.482 e. The van der Waals surface area contributed by atoms with Gasteiger partial charge in [-0.25, -0.2) is 9.18 Å². The number of ether oxygens (including phenoxy) is 2. The summed E-state index contributed by atoms with van der Waals surface area (Å²) in [5.74, 6) is -0.455. The van der Waals surface area contributed by atoms with Crippen molar-refractivity contribution in [2.24, 2.45) is 0 Å². The molecule has 1 atom stereocenters. The Hall–Kier alpha value is -3.74. The highest BCUT2D eigenvalue weighted by molar-refractivity contribution is 5.95. The lowest BCUT2D eigenvalue weighted by Gasteiger charge is -2.18. The van der Waals surface area contributed by atoms with Crippen LogP contribution in [0.3, 0.4) is 0 Å². The Morgan fingerprint density at radius 1 is 1.10 bits per heavy atom. The van der Waals surface area contributed by atoms with Crippen LogP contribution in [0.4, 0.5) is 10.1 Å². The van der Waals surface area contributed by atoms with E-state index < -0.39 is 17.9 Å². The molecule has 0 saturated carbocycles. The third kappa shape index (κ3) is 5.06. The van der Waals surface area contributed by atoms with Gasteiger partial charge in [0.25, 0.3) is 0 Å². The van der Waals surface area contributed by atoms with Gasteiger partial charge in [0.15, 0.2) is 12.7 Å². The number of hydrogen-bond donors (Lipinski definition) is 0. The number of halogens is 1. The van der Waals surface area contributed by atoms with Crippen molar-refractivity contribution in [3.8, 4) is 5.75 Å². The minimum absolute atomic E-state index is 0.107. The van der Waals surface area contributed by atoms with E-state index in [-0.39, 0.29) is 12.5 Å². The maximum absolute atomic E-state index is 13.7. The maximum Gasteiger partial charge on any atom is 0.345 e. The zero-order chi connectivity index (χ0) is 21.6. The van der Waals surface area contributed by atoms with Crippen LogP contribution in [-0.4, -0.2) is 30.0 Å². The SMILES string of the molecule is O=C(COc1ccc(N2CCCC2=O)cc1)OC(c1cccc(F)c1)c1ccccn1. The molecule has 1 aliphatic heterocycles. The molecule has 31 heavy (non-hydrogen) atoms. The van der Waals surface area contributed by atoms with Crippen LogP contribution >= 0.6 is 0 Å². The van der Waals surface area contributed by atoms with Gasteiger partial charge in [0.1, 0.15) is 11.6 Å². The Labute approximate surface area is 179 Å². The lowest BCUT2D eigenvalue weighted by atomic mass is 10.1. The molecule has 2 aromatic carbocycles. The van der Waals surface area contributed by atoms with E-state index in [1.165, 1.54) is 12.1 Å². The topological polar surface area (TPSA) is 68.7 Å². The number of anilines is 1. The van der Waals surface area contributed by atoms with Crippen molar-refractivity contribution in [1.82, 2.24) is 4.98 Å². The van der Waals surface area contributed by atoms with Gasteiger partial charge in [-0.2, -0.15) is 0 Å². The second kappa shape index (κ2) is 9.38. The second-order valence-corrected chi connectivity index (χ2v) is 7.11. The smallest absolute Gasteiger partial charge is 0.345 e. The third-order valence-electron chi connectivity index (χ3n) is 4.94. The molecule has 1 saturated heterocycles. The van der Waals surface area contributed by atoms with Crippen LogP contribution in [0, 0.1) is 5.82 Å². The summed E-state index contributed by atoms with van der Waals surface area (Å²) in [6, 6.07) is 18.1. The third-order valence-corrected chi connectivity index (χ3v) is 4.94. The van der Waals surface area contributed by atoms with E-state index >= 15 is 0 Å². The molecule has 1 fully saturated rings. The molecule has 0 radical (unpaired) electrons. The first kappa shape index (κ1) is 20.5. The van der Waals surface area contributed by atoms with Gasteiger partial charge in [0.05, 0.1) is 5.69 Å². The maximum atomic E-state index is 13.7. The molecule has 1 aliphatic rings. The van der Waals surface area contributed by atoms with E-state index in [1.54, 1.807) is 65.7 Å². The fourth-order valence-electron chi connectivity index (χ4n) is 3.45. The molecule has 4 rings (SSSR count). The lowest BCUT2D eigenvalue weighted by molar-refractivity contribution is -0.150. The lowest BCUT2D eigenvalue weighted by Crippen LogP contribution is -2.23. The first-order chi connectivity index (χ1) is 15.1. The summed E-state index contributed by atoms with van der Waals surface area (Å²) in [7, 11) is 0. The number of carbonyl (C=O) groups excluding carboxylic acids is 2. The number of aromatic nitrogens is 1. The fourth-order valence-corrected chi connectivity index (χ4v) is 3.45. The molecular weight excluding hydrogens is 399 g/mol. The van der Waals surface area contributed by atoms with Crippen molar-refractivity contribution >= 4 is 17.6 Å². The van der Waals surface area contributed by atoms with Crippen LogP contribution in [0.5, 0.6) is 5.75 Å². The number of rotatable bonds is 7. The van der Waals surface area contributed by atoms with E-state index in [0.717, 1.165) is 12.1 Å². The summed E-state index contributed by atoms with van der Waals surface area (Å²) >= 11 is 0. The zero-order valence-corrected chi connectivity index (χ0v) is 16.7. The van der Waals surface area contributed by atoms with Gasteiger partial charge in [0.2, 0.25) is 5.91 Å². The van der Waals surface area contributed by atoms with Crippen LogP contribution < -0.4 is 9.64 Å². The zero-order valence-electron chi connectivity index (χ0n) is 16.7. The Bertz CT molecular complexity index is 1060. The minimum atomic E-state index is -0.850. The van der Waals surface area contributed by atoms with Crippen LogP contribution in [0.25, 0.3) is 0 Å². The molecule has 2 heterocycles. The number of pyridine rings is 1. The first-order valence-electron chi connectivity index (χ1n) is 9.99. The molecule has 0 bridgehead atoms. The Kier molecular flexibility index (Phi) is 6.21. The fraction of sp³-hybridized carbons (Fsp3) is 0.208. The van der Waals surface area contributed by atoms with Crippen LogP contribution in [0.15, 0.2) is 72.9 Å². The summed E-state index contributed by atoms with van der Waals surface area (Å²) in [6.07, 6.45) is 2.15. The van der Waals surface area contributed by atoms with E-state index in [4.69, 9.17) is 9.47 Å². The van der Waals surface area contributed by atoms with Gasteiger partial charge >= 0.3 is 5.97 Å². The summed E-state index contributed by atoms with van der Waals surface area (Å²) in [4.78, 5) is 30.3. The van der Waals surface area contributed by atoms with Gasteiger partial charge in [0, 0.05) is 30.4 Å². The molecule has 1 amide bonds. The van der Waals surface area contributed by atoms with E-state index in [1.807, 2.05) is 0 Å². The summed E-state index contributed by atoms with van der Waals surface area (Å²) in [6.45, 7) is 0.390. The van der Waals surface area contributed by atoms with Gasteiger partial charge in [-0.1, -0.05) is 18.2 Å². The molecule has 0 N–H and O–H groups in total. The van der Waals surface area contributed by atoms with Gasteiger partial charge in [-0.05, 0) is 55.0 Å². The van der Waals surface area contributed by atoms with Crippen molar-refractivity contribution in [2.75, 3.05) is 18.1 Å². The quantitative estimate of drug-likeness (QED) is 0.539. The van der Waals surface area contributed by atoms with Crippen molar-refractivity contribution in [3.63, 3.8) is 0 Å². The Morgan fingerprint density at radius 3 is 2.61 bits per heavy atom. The van der Waals surface area contributed by atoms with Crippen molar-refractivity contribution in [1.29, 1.82) is 0 Å². The second-order valence-electron chi connectivity index (χ2n) is 7.11. The number of benzene rings is 2. The highest BCUT2D eigenvalue weighted by atomic mass is 19.1. The highest BCUT2D eigenvalue weighted by Gasteiger charge is 2.22. The van der Waals surface area contributed by atoms with Crippen LogP contribution in [0.1, 0.15) is 30.2 Å². The van der Waals surface area contributed by atoms with Gasteiger partial charge < -0.3 is 14.4 Å². The monoisotopic (exact) mass is 420 g/mol. The molecule has 6 nitrogen and oxygen atoms in total. The summed E-state index contributed by atoms with van der Waals surface area (Å²) in [5, 5.41) is 0. The molecule has 0 spiro atoms. The molecule has 0 aliphatic carbocycles. The van der Waals surface area contributed by atoms with Gasteiger partial charge in [-0.15, -0.1) is 0 Å². The molecule has 7 heteroatoms. The highest BCUT2D eigenvalue weighted by Crippen LogP contribution is 2.26. The number of esters is 1. The van der Waals surface area contributed by atoms with Crippen molar-refractivity contribution < 1.29 is 23.5 Å². The summed E-state index contributed by atoms with van der Waals surface area (Å²) < 4.78 is 24.8. The predicted octanol–water partition coefficient (Wildman–Crippen LogP) is 4.06. The average Bonchev–Trinajstić information content (AvgIpc) is 3.23. The number of amides is 1. The Balaban J connectivity index is 1.40. The summed E-state index contributed by atoms with van der Waals surface area (Å²) in [5.41, 5.74) is 1.77. The molecule has 1 unspecified atom stereocenters. The number of nitrogens with zero attached hydrogens (tertiary/aromatic N) is 2. The molecule has 1 aromatic heterocycles.